The summed E-state index contributed by atoms with van der Waals surface area (Å²) in [6.07, 6.45) is -0.0949. The van der Waals surface area contributed by atoms with Gasteiger partial charge in [0.15, 0.2) is 0 Å². The molecule has 2 aliphatic rings. The molecule has 2 N–H and O–H groups in total. The summed E-state index contributed by atoms with van der Waals surface area (Å²) in [6, 6.07) is 20.6. The Bertz CT molecular complexity index is 1320. The Morgan fingerprint density at radius 1 is 0.947 bits per heavy atom. The Morgan fingerprint density at radius 3 is 2.50 bits per heavy atom. The number of hydrogen-bond acceptors (Lipinski definition) is 6. The Morgan fingerprint density at radius 2 is 1.68 bits per heavy atom. The van der Waals surface area contributed by atoms with E-state index in [2.05, 4.69) is 20.4 Å². The van der Waals surface area contributed by atoms with Crippen molar-refractivity contribution in [3.8, 4) is 5.75 Å². The van der Waals surface area contributed by atoms with Crippen LogP contribution in [0.3, 0.4) is 0 Å². The molecule has 0 bridgehead atoms. The summed E-state index contributed by atoms with van der Waals surface area (Å²) in [6.45, 7) is 3.96. The highest BCUT2D eigenvalue weighted by Gasteiger charge is 2.35. The van der Waals surface area contributed by atoms with Crippen molar-refractivity contribution in [3.05, 3.63) is 66.7 Å². The number of nitrogens with one attached hydrogen (secondary N) is 2. The number of carbonyl (C=O) groups is 3. The van der Waals surface area contributed by atoms with Gasteiger partial charge in [-0.1, -0.05) is 48.5 Å². The molecule has 9 nitrogen and oxygen atoms in total. The third-order valence-corrected chi connectivity index (χ3v) is 7.25. The molecule has 0 aromatic heterocycles. The van der Waals surface area contributed by atoms with Crippen LogP contribution in [0.5, 0.6) is 5.75 Å². The van der Waals surface area contributed by atoms with E-state index in [1.54, 1.807) is 12.0 Å². The highest BCUT2D eigenvalue weighted by molar-refractivity contribution is 6.04. The van der Waals surface area contributed by atoms with Gasteiger partial charge in [0.2, 0.25) is 17.7 Å². The lowest BCUT2D eigenvalue weighted by Crippen LogP contribution is -2.60. The molecule has 38 heavy (non-hydrogen) atoms. The topological polar surface area (TPSA) is 94.2 Å². The molecule has 5 rings (SSSR count). The van der Waals surface area contributed by atoms with Gasteiger partial charge in [-0.15, -0.1) is 0 Å². The SMILES string of the molecule is COc1ccccc1N1CCN(CC(=O)N2CCNC(=O)[C@H]2CC(=O)Nc2cccc3ccccc23)CC1. The van der Waals surface area contributed by atoms with Crippen LogP contribution in [0.25, 0.3) is 10.8 Å². The zero-order valence-electron chi connectivity index (χ0n) is 21.6. The van der Waals surface area contributed by atoms with Gasteiger partial charge in [-0.2, -0.15) is 0 Å². The van der Waals surface area contributed by atoms with E-state index in [9.17, 15) is 14.4 Å². The molecule has 0 aliphatic carbocycles. The van der Waals surface area contributed by atoms with Crippen LogP contribution in [0.4, 0.5) is 11.4 Å². The number of rotatable bonds is 7. The zero-order chi connectivity index (χ0) is 26.5. The fourth-order valence-corrected chi connectivity index (χ4v) is 5.25. The highest BCUT2D eigenvalue weighted by Crippen LogP contribution is 2.28. The van der Waals surface area contributed by atoms with E-state index in [0.29, 0.717) is 18.8 Å². The summed E-state index contributed by atoms with van der Waals surface area (Å²) in [7, 11) is 1.67. The van der Waals surface area contributed by atoms with Crippen molar-refractivity contribution in [2.75, 3.05) is 63.1 Å². The van der Waals surface area contributed by atoms with Crippen LogP contribution in [0.2, 0.25) is 0 Å². The number of hydrogen-bond donors (Lipinski definition) is 2. The number of benzene rings is 3. The predicted molar refractivity (Wildman–Crippen MR) is 147 cm³/mol. The number of fused-ring (bicyclic) bond motifs is 1. The van der Waals surface area contributed by atoms with E-state index in [4.69, 9.17) is 4.74 Å². The number of ether oxygens (including phenoxy) is 1. The monoisotopic (exact) mass is 515 g/mol. The molecule has 2 fully saturated rings. The molecular weight excluding hydrogens is 482 g/mol. The maximum atomic E-state index is 13.3. The maximum absolute atomic E-state index is 13.3. The molecule has 9 heteroatoms. The minimum atomic E-state index is -0.832. The Kier molecular flexibility index (Phi) is 7.74. The van der Waals surface area contributed by atoms with Crippen LogP contribution in [-0.2, 0) is 14.4 Å². The van der Waals surface area contributed by atoms with Gasteiger partial charge in [0, 0.05) is 50.3 Å². The third-order valence-electron chi connectivity index (χ3n) is 7.25. The number of methoxy groups -OCH3 is 1. The molecule has 2 saturated heterocycles. The summed E-state index contributed by atoms with van der Waals surface area (Å²) < 4.78 is 5.49. The minimum absolute atomic E-state index is 0.0949. The Balaban J connectivity index is 1.20. The van der Waals surface area contributed by atoms with Gasteiger partial charge in [-0.3, -0.25) is 19.3 Å². The van der Waals surface area contributed by atoms with Gasteiger partial charge in [-0.25, -0.2) is 0 Å². The van der Waals surface area contributed by atoms with Crippen molar-refractivity contribution in [1.29, 1.82) is 0 Å². The first-order chi connectivity index (χ1) is 18.5. The third kappa shape index (κ3) is 5.57. The molecule has 198 valence electrons. The van der Waals surface area contributed by atoms with Gasteiger partial charge in [0.25, 0.3) is 0 Å². The van der Waals surface area contributed by atoms with Crippen LogP contribution in [-0.4, -0.2) is 86.5 Å². The molecule has 2 aliphatic heterocycles. The van der Waals surface area contributed by atoms with Gasteiger partial charge < -0.3 is 25.2 Å². The van der Waals surface area contributed by atoms with Crippen molar-refractivity contribution in [1.82, 2.24) is 15.1 Å². The zero-order valence-corrected chi connectivity index (χ0v) is 21.6. The highest BCUT2D eigenvalue weighted by atomic mass is 16.5. The Labute approximate surface area is 222 Å². The van der Waals surface area contributed by atoms with Crippen LogP contribution in [0.15, 0.2) is 66.7 Å². The Hall–Kier alpha value is -4.11. The number of amides is 3. The summed E-state index contributed by atoms with van der Waals surface area (Å²) >= 11 is 0. The minimum Gasteiger partial charge on any atom is -0.495 e. The van der Waals surface area contributed by atoms with Crippen LogP contribution < -0.4 is 20.3 Å². The largest absolute Gasteiger partial charge is 0.495 e. The van der Waals surface area contributed by atoms with E-state index >= 15 is 0 Å². The molecule has 1 atom stereocenters. The van der Waals surface area contributed by atoms with E-state index in [-0.39, 0.29) is 30.7 Å². The molecular formula is C29H33N5O4. The van der Waals surface area contributed by atoms with Crippen LogP contribution in [0.1, 0.15) is 6.42 Å². The van der Waals surface area contributed by atoms with Crippen molar-refractivity contribution < 1.29 is 19.1 Å². The molecule has 0 unspecified atom stereocenters. The molecule has 2 heterocycles. The molecule has 0 saturated carbocycles. The fourth-order valence-electron chi connectivity index (χ4n) is 5.25. The van der Waals surface area contributed by atoms with E-state index in [1.165, 1.54) is 0 Å². The molecule has 3 amide bonds. The second kappa shape index (κ2) is 11.5. The first kappa shape index (κ1) is 25.5. The number of para-hydroxylation sites is 2. The summed E-state index contributed by atoms with van der Waals surface area (Å²) in [5.74, 6) is 0.111. The van der Waals surface area contributed by atoms with Crippen molar-refractivity contribution in [2.24, 2.45) is 0 Å². The van der Waals surface area contributed by atoms with Gasteiger partial charge in [0.1, 0.15) is 11.8 Å². The second-order valence-corrected chi connectivity index (χ2v) is 9.61. The lowest BCUT2D eigenvalue weighted by molar-refractivity contribution is -0.145. The van der Waals surface area contributed by atoms with Crippen molar-refractivity contribution in [3.63, 3.8) is 0 Å². The standard InChI is InChI=1S/C29H33N5O4/c1-38-26-12-5-4-11-24(26)33-17-15-32(16-18-33)20-28(36)34-14-13-30-29(37)25(34)19-27(35)31-23-10-6-8-21-7-2-3-9-22(21)23/h2-12,25H,13-20H2,1H3,(H,30,37)(H,31,35)/t25-/m1/s1. The van der Waals surface area contributed by atoms with Gasteiger partial charge in [0.05, 0.1) is 25.8 Å². The second-order valence-electron chi connectivity index (χ2n) is 9.61. The molecule has 3 aromatic rings. The number of anilines is 2. The van der Waals surface area contributed by atoms with E-state index in [1.807, 2.05) is 66.7 Å². The summed E-state index contributed by atoms with van der Waals surface area (Å²) in [5.41, 5.74) is 1.74. The van der Waals surface area contributed by atoms with Crippen molar-refractivity contribution >= 4 is 39.9 Å². The normalized spacial score (nSPS) is 18.2. The summed E-state index contributed by atoms with van der Waals surface area (Å²) in [5, 5.41) is 7.69. The van der Waals surface area contributed by atoms with Crippen LogP contribution in [0, 0.1) is 0 Å². The number of carbonyl (C=O) groups excluding carboxylic acids is 3. The maximum Gasteiger partial charge on any atom is 0.243 e. The average Bonchev–Trinajstić information content (AvgIpc) is 2.94. The smallest absolute Gasteiger partial charge is 0.243 e. The summed E-state index contributed by atoms with van der Waals surface area (Å²) in [4.78, 5) is 45.0. The average molecular weight is 516 g/mol. The van der Waals surface area contributed by atoms with Crippen LogP contribution >= 0.6 is 0 Å². The quantitative estimate of drug-likeness (QED) is 0.502. The van der Waals surface area contributed by atoms with E-state index < -0.39 is 6.04 Å². The molecule has 3 aromatic carbocycles. The van der Waals surface area contributed by atoms with Gasteiger partial charge >= 0.3 is 0 Å². The number of nitrogens with zero attached hydrogens (tertiary/aromatic N) is 3. The lowest BCUT2D eigenvalue weighted by Gasteiger charge is -2.39. The van der Waals surface area contributed by atoms with Crippen molar-refractivity contribution in [2.45, 2.75) is 12.5 Å². The fraction of sp³-hybridized carbons (Fsp3) is 0.345. The first-order valence-corrected chi connectivity index (χ1v) is 13.0. The van der Waals surface area contributed by atoms with E-state index in [0.717, 1.165) is 48.4 Å². The predicted octanol–water partition coefficient (Wildman–Crippen LogP) is 2.33. The number of piperazine rings is 2. The molecule has 0 spiro atoms. The molecule has 0 radical (unpaired) electrons. The first-order valence-electron chi connectivity index (χ1n) is 13.0. The lowest BCUT2D eigenvalue weighted by atomic mass is 10.1. The van der Waals surface area contributed by atoms with Gasteiger partial charge in [-0.05, 0) is 23.6 Å².